The van der Waals surface area contributed by atoms with Crippen molar-refractivity contribution in [2.45, 2.75) is 64.7 Å². The molecule has 0 aromatic heterocycles. The van der Waals surface area contributed by atoms with Crippen LogP contribution in [0.5, 0.6) is 0 Å². The van der Waals surface area contributed by atoms with E-state index in [1.54, 1.807) is 18.2 Å². The van der Waals surface area contributed by atoms with Gasteiger partial charge in [0.15, 0.2) is 0 Å². The first kappa shape index (κ1) is 21.1. The predicted molar refractivity (Wildman–Crippen MR) is 106 cm³/mol. The Bertz CT molecular complexity index is 514. The second kappa shape index (κ2) is 13.3. The Hall–Kier alpha value is -0.990. The molecule has 0 saturated heterocycles. The number of halogens is 2. The summed E-state index contributed by atoms with van der Waals surface area (Å²) >= 11 is 11.8. The lowest BCUT2D eigenvalue weighted by Crippen LogP contribution is -2.21. The van der Waals surface area contributed by atoms with Crippen molar-refractivity contribution < 1.29 is 4.79 Å². The summed E-state index contributed by atoms with van der Waals surface area (Å²) in [4.78, 5) is 11.7. The highest BCUT2D eigenvalue weighted by Crippen LogP contribution is 2.23. The van der Waals surface area contributed by atoms with Crippen LogP contribution < -0.4 is 5.32 Å². The lowest BCUT2D eigenvalue weighted by atomic mass is 10.1. The summed E-state index contributed by atoms with van der Waals surface area (Å²) in [5.74, 6) is -0.0689. The lowest BCUT2D eigenvalue weighted by Gasteiger charge is -2.03. The zero-order valence-electron chi connectivity index (χ0n) is 14.6. The van der Waals surface area contributed by atoms with Gasteiger partial charge in [0.05, 0.1) is 10.0 Å². The van der Waals surface area contributed by atoms with Crippen molar-refractivity contribution in [3.8, 4) is 0 Å². The van der Waals surface area contributed by atoms with E-state index >= 15 is 0 Å². The van der Waals surface area contributed by atoms with Gasteiger partial charge in [0.25, 0.3) is 0 Å². The van der Waals surface area contributed by atoms with E-state index in [4.69, 9.17) is 23.2 Å². The Labute approximate surface area is 156 Å². The normalized spacial score (nSPS) is 11.1. The third kappa shape index (κ3) is 10.00. The Kier molecular flexibility index (Phi) is 11.7. The fraction of sp³-hybridized carbons (Fsp3) is 0.550. The van der Waals surface area contributed by atoms with Gasteiger partial charge in [-0.25, -0.2) is 0 Å². The van der Waals surface area contributed by atoms with Crippen LogP contribution in [-0.2, 0) is 4.79 Å². The van der Waals surface area contributed by atoms with Gasteiger partial charge in [-0.15, -0.1) is 0 Å². The molecule has 0 aliphatic heterocycles. The number of amides is 1. The zero-order chi connectivity index (χ0) is 17.6. The number of benzene rings is 1. The standard InChI is InChI=1S/C20H29Cl2NO/c1-2-3-4-5-6-7-8-9-10-15-23-20(24)14-12-17-11-13-18(21)19(22)16-17/h11-14,16H,2-10,15H2,1H3,(H,23,24)/b14-12+. The fourth-order valence-electron chi connectivity index (χ4n) is 2.49. The van der Waals surface area contributed by atoms with Gasteiger partial charge < -0.3 is 5.32 Å². The summed E-state index contributed by atoms with van der Waals surface area (Å²) in [6.45, 7) is 2.98. The van der Waals surface area contributed by atoms with Gasteiger partial charge in [-0.1, -0.05) is 87.6 Å². The molecule has 1 rings (SSSR count). The monoisotopic (exact) mass is 369 g/mol. The molecule has 4 heteroatoms. The van der Waals surface area contributed by atoms with Gasteiger partial charge in [-0.2, -0.15) is 0 Å². The largest absolute Gasteiger partial charge is 0.353 e. The van der Waals surface area contributed by atoms with Gasteiger partial charge in [-0.3, -0.25) is 4.79 Å². The number of carbonyl (C=O) groups is 1. The van der Waals surface area contributed by atoms with E-state index < -0.39 is 0 Å². The Morgan fingerprint density at radius 3 is 2.21 bits per heavy atom. The maximum Gasteiger partial charge on any atom is 0.243 e. The molecular weight excluding hydrogens is 341 g/mol. The van der Waals surface area contributed by atoms with Crippen molar-refractivity contribution in [2.75, 3.05) is 6.54 Å². The minimum absolute atomic E-state index is 0.0689. The summed E-state index contributed by atoms with van der Waals surface area (Å²) in [7, 11) is 0. The molecule has 0 unspecified atom stereocenters. The molecule has 24 heavy (non-hydrogen) atoms. The average Bonchev–Trinajstić information content (AvgIpc) is 2.57. The zero-order valence-corrected chi connectivity index (χ0v) is 16.1. The van der Waals surface area contributed by atoms with Gasteiger partial charge in [0.2, 0.25) is 5.91 Å². The van der Waals surface area contributed by atoms with Gasteiger partial charge in [0.1, 0.15) is 0 Å². The third-order valence-corrected chi connectivity index (χ3v) is 4.69. The predicted octanol–water partition coefficient (Wildman–Crippen LogP) is 6.65. The summed E-state index contributed by atoms with van der Waals surface area (Å²) < 4.78 is 0. The first-order chi connectivity index (χ1) is 11.6. The molecule has 0 fully saturated rings. The van der Waals surface area contributed by atoms with Crippen LogP contribution >= 0.6 is 23.2 Å². The first-order valence-corrected chi connectivity index (χ1v) is 9.80. The highest BCUT2D eigenvalue weighted by Gasteiger charge is 1.99. The number of unbranched alkanes of at least 4 members (excludes halogenated alkanes) is 8. The van der Waals surface area contributed by atoms with Crippen molar-refractivity contribution in [3.05, 3.63) is 39.9 Å². The molecule has 0 aliphatic carbocycles. The first-order valence-electron chi connectivity index (χ1n) is 9.04. The van der Waals surface area contributed by atoms with Crippen LogP contribution in [0.4, 0.5) is 0 Å². The number of nitrogens with one attached hydrogen (secondary N) is 1. The minimum atomic E-state index is -0.0689. The van der Waals surface area contributed by atoms with E-state index in [0.717, 1.165) is 18.5 Å². The number of hydrogen-bond donors (Lipinski definition) is 1. The van der Waals surface area contributed by atoms with Crippen LogP contribution in [0.3, 0.4) is 0 Å². The maximum absolute atomic E-state index is 11.7. The molecule has 2 nitrogen and oxygen atoms in total. The molecule has 0 atom stereocenters. The van der Waals surface area contributed by atoms with Crippen molar-refractivity contribution >= 4 is 35.2 Å². The fourth-order valence-corrected chi connectivity index (χ4v) is 2.80. The molecule has 0 bridgehead atoms. The molecule has 1 aromatic rings. The van der Waals surface area contributed by atoms with Crippen LogP contribution in [0.1, 0.15) is 70.3 Å². The number of carbonyl (C=O) groups excluding carboxylic acids is 1. The Morgan fingerprint density at radius 1 is 0.958 bits per heavy atom. The molecule has 0 radical (unpaired) electrons. The van der Waals surface area contributed by atoms with E-state index in [-0.39, 0.29) is 5.91 Å². The van der Waals surface area contributed by atoms with Gasteiger partial charge in [0, 0.05) is 12.6 Å². The van der Waals surface area contributed by atoms with Crippen LogP contribution in [0.15, 0.2) is 24.3 Å². The molecule has 1 N–H and O–H groups in total. The van der Waals surface area contributed by atoms with E-state index in [9.17, 15) is 4.79 Å². The molecule has 1 amide bonds. The minimum Gasteiger partial charge on any atom is -0.353 e. The molecule has 0 aliphatic rings. The average molecular weight is 370 g/mol. The topological polar surface area (TPSA) is 29.1 Å². The molecule has 1 aromatic carbocycles. The number of hydrogen-bond acceptors (Lipinski definition) is 1. The van der Waals surface area contributed by atoms with E-state index in [0.29, 0.717) is 10.0 Å². The lowest BCUT2D eigenvalue weighted by molar-refractivity contribution is -0.116. The highest BCUT2D eigenvalue weighted by atomic mass is 35.5. The Morgan fingerprint density at radius 2 is 1.58 bits per heavy atom. The van der Waals surface area contributed by atoms with Gasteiger partial charge in [-0.05, 0) is 30.2 Å². The Balaban J connectivity index is 2.05. The smallest absolute Gasteiger partial charge is 0.243 e. The molecular formula is C20H29Cl2NO. The SMILES string of the molecule is CCCCCCCCCCCNC(=O)/C=C/c1ccc(Cl)c(Cl)c1. The van der Waals surface area contributed by atoms with Crippen molar-refractivity contribution in [1.29, 1.82) is 0 Å². The molecule has 134 valence electrons. The summed E-state index contributed by atoms with van der Waals surface area (Å²) in [6, 6.07) is 5.30. The maximum atomic E-state index is 11.7. The quantitative estimate of drug-likeness (QED) is 0.324. The summed E-state index contributed by atoms with van der Waals surface area (Å²) in [5, 5.41) is 3.92. The molecule has 0 spiro atoms. The summed E-state index contributed by atoms with van der Waals surface area (Å²) in [6.07, 6.45) is 14.8. The third-order valence-electron chi connectivity index (χ3n) is 3.95. The van der Waals surface area contributed by atoms with Crippen LogP contribution in [0, 0.1) is 0 Å². The highest BCUT2D eigenvalue weighted by molar-refractivity contribution is 6.42. The van der Waals surface area contributed by atoms with E-state index in [2.05, 4.69) is 12.2 Å². The van der Waals surface area contributed by atoms with Crippen molar-refractivity contribution in [1.82, 2.24) is 5.32 Å². The van der Waals surface area contributed by atoms with Gasteiger partial charge >= 0.3 is 0 Å². The van der Waals surface area contributed by atoms with Crippen LogP contribution in [0.25, 0.3) is 6.08 Å². The summed E-state index contributed by atoms with van der Waals surface area (Å²) in [5.41, 5.74) is 0.864. The van der Waals surface area contributed by atoms with Crippen LogP contribution in [-0.4, -0.2) is 12.5 Å². The molecule has 0 heterocycles. The van der Waals surface area contributed by atoms with Crippen molar-refractivity contribution in [2.24, 2.45) is 0 Å². The molecule has 0 saturated carbocycles. The van der Waals surface area contributed by atoms with E-state index in [1.807, 2.05) is 6.07 Å². The van der Waals surface area contributed by atoms with E-state index in [1.165, 1.54) is 57.4 Å². The van der Waals surface area contributed by atoms with Crippen molar-refractivity contribution in [3.63, 3.8) is 0 Å². The second-order valence-corrected chi connectivity index (χ2v) is 6.94. The second-order valence-electron chi connectivity index (χ2n) is 6.13. The number of rotatable bonds is 12. The van der Waals surface area contributed by atoms with Crippen LogP contribution in [0.2, 0.25) is 10.0 Å².